The molecule has 124 valence electrons. The molecule has 2 rings (SSSR count). The van der Waals surface area contributed by atoms with E-state index >= 15 is 0 Å². The van der Waals surface area contributed by atoms with E-state index in [2.05, 4.69) is 56.6 Å². The van der Waals surface area contributed by atoms with Gasteiger partial charge in [-0.15, -0.1) is 0 Å². The molecule has 2 aliphatic rings. The molecule has 0 aromatic rings. The standard InChI is InChI=1S/C18H36N2S/c1-6-14(5)15-12-20(17(11-19-15)13(3)4)16-9-8-10-18(16)21-7-2/h13-19H,6-12H2,1-5H3. The molecule has 1 aliphatic carbocycles. The SMILES string of the molecule is CCSC1CCCC1N1CC(C(C)CC)NCC1C(C)C. The minimum Gasteiger partial charge on any atom is -0.311 e. The number of thioether (sulfide) groups is 1. The maximum atomic E-state index is 3.85. The van der Waals surface area contributed by atoms with Gasteiger partial charge in [0.2, 0.25) is 0 Å². The number of hydrogen-bond donors (Lipinski definition) is 1. The van der Waals surface area contributed by atoms with Crippen molar-refractivity contribution in [3.05, 3.63) is 0 Å². The summed E-state index contributed by atoms with van der Waals surface area (Å²) in [5.74, 6) is 2.82. The van der Waals surface area contributed by atoms with Gasteiger partial charge in [0.15, 0.2) is 0 Å². The Kier molecular flexibility index (Phi) is 6.89. The first-order valence-electron chi connectivity index (χ1n) is 9.19. The zero-order valence-electron chi connectivity index (χ0n) is 14.8. The molecule has 0 amide bonds. The Morgan fingerprint density at radius 1 is 1.19 bits per heavy atom. The van der Waals surface area contributed by atoms with Gasteiger partial charge in [0, 0.05) is 36.5 Å². The molecule has 0 spiro atoms. The summed E-state index contributed by atoms with van der Waals surface area (Å²) in [6.45, 7) is 14.3. The molecule has 5 unspecified atom stereocenters. The summed E-state index contributed by atoms with van der Waals surface area (Å²) in [6.07, 6.45) is 5.58. The van der Waals surface area contributed by atoms with Gasteiger partial charge in [-0.05, 0) is 30.4 Å². The monoisotopic (exact) mass is 312 g/mol. The molecule has 0 bridgehead atoms. The van der Waals surface area contributed by atoms with Crippen molar-refractivity contribution in [3.8, 4) is 0 Å². The van der Waals surface area contributed by atoms with Crippen LogP contribution in [0.3, 0.4) is 0 Å². The molecular formula is C18H36N2S. The van der Waals surface area contributed by atoms with Crippen LogP contribution in [0.1, 0.15) is 60.3 Å². The summed E-state index contributed by atoms with van der Waals surface area (Å²) in [5.41, 5.74) is 0. The third-order valence-electron chi connectivity index (χ3n) is 5.75. The molecule has 3 heteroatoms. The maximum Gasteiger partial charge on any atom is 0.0247 e. The first-order valence-corrected chi connectivity index (χ1v) is 10.2. The van der Waals surface area contributed by atoms with Crippen molar-refractivity contribution < 1.29 is 0 Å². The van der Waals surface area contributed by atoms with E-state index in [0.717, 1.165) is 29.2 Å². The Balaban J connectivity index is 2.09. The van der Waals surface area contributed by atoms with Crippen molar-refractivity contribution in [1.82, 2.24) is 10.2 Å². The summed E-state index contributed by atoms with van der Waals surface area (Å²) in [5, 5.41) is 4.73. The Hall–Kier alpha value is 0.270. The lowest BCUT2D eigenvalue weighted by molar-refractivity contribution is 0.0470. The van der Waals surface area contributed by atoms with Gasteiger partial charge in [0.25, 0.3) is 0 Å². The van der Waals surface area contributed by atoms with Crippen LogP contribution in [-0.2, 0) is 0 Å². The highest BCUT2D eigenvalue weighted by Crippen LogP contribution is 2.36. The average molecular weight is 313 g/mol. The Bertz CT molecular complexity index is 308. The van der Waals surface area contributed by atoms with E-state index in [1.807, 2.05) is 0 Å². The van der Waals surface area contributed by atoms with Crippen molar-refractivity contribution in [3.63, 3.8) is 0 Å². The highest BCUT2D eigenvalue weighted by Gasteiger charge is 2.40. The molecule has 1 saturated carbocycles. The van der Waals surface area contributed by atoms with Crippen LogP contribution in [0.4, 0.5) is 0 Å². The first-order chi connectivity index (χ1) is 10.1. The van der Waals surface area contributed by atoms with Crippen LogP contribution < -0.4 is 5.32 Å². The Morgan fingerprint density at radius 2 is 1.95 bits per heavy atom. The molecule has 0 aromatic carbocycles. The Labute approximate surface area is 136 Å². The number of nitrogens with one attached hydrogen (secondary N) is 1. The van der Waals surface area contributed by atoms with E-state index in [0.29, 0.717) is 6.04 Å². The number of hydrogen-bond acceptors (Lipinski definition) is 3. The van der Waals surface area contributed by atoms with E-state index in [4.69, 9.17) is 0 Å². The molecule has 1 N–H and O–H groups in total. The smallest absolute Gasteiger partial charge is 0.0247 e. The number of piperazine rings is 1. The minimum atomic E-state index is 0.692. The van der Waals surface area contributed by atoms with Crippen molar-refractivity contribution in [2.24, 2.45) is 11.8 Å². The normalized spacial score (nSPS) is 36.3. The van der Waals surface area contributed by atoms with Crippen LogP contribution in [0.15, 0.2) is 0 Å². The first kappa shape index (κ1) is 17.6. The topological polar surface area (TPSA) is 15.3 Å². The summed E-state index contributed by atoms with van der Waals surface area (Å²) in [6, 6.07) is 2.25. The zero-order valence-corrected chi connectivity index (χ0v) is 15.6. The molecule has 1 saturated heterocycles. The second-order valence-corrected chi connectivity index (χ2v) is 8.92. The molecule has 0 radical (unpaired) electrons. The third kappa shape index (κ3) is 4.17. The molecular weight excluding hydrogens is 276 g/mol. The van der Waals surface area contributed by atoms with Gasteiger partial charge in [0.05, 0.1) is 0 Å². The lowest BCUT2D eigenvalue weighted by atomic mass is 9.90. The predicted molar refractivity (Wildman–Crippen MR) is 96.1 cm³/mol. The van der Waals surface area contributed by atoms with E-state index in [1.165, 1.54) is 44.5 Å². The van der Waals surface area contributed by atoms with Crippen molar-refractivity contribution >= 4 is 11.8 Å². The van der Waals surface area contributed by atoms with Crippen molar-refractivity contribution in [2.45, 2.75) is 83.7 Å². The zero-order chi connectivity index (χ0) is 15.4. The van der Waals surface area contributed by atoms with Gasteiger partial charge < -0.3 is 5.32 Å². The number of nitrogens with zero attached hydrogens (tertiary/aromatic N) is 1. The van der Waals surface area contributed by atoms with Gasteiger partial charge in [-0.25, -0.2) is 0 Å². The summed E-state index contributed by atoms with van der Waals surface area (Å²) < 4.78 is 0. The lowest BCUT2D eigenvalue weighted by Crippen LogP contribution is -2.63. The molecule has 2 fully saturated rings. The molecule has 21 heavy (non-hydrogen) atoms. The third-order valence-corrected chi connectivity index (χ3v) is 7.06. The van der Waals surface area contributed by atoms with E-state index < -0.39 is 0 Å². The summed E-state index contributed by atoms with van der Waals surface area (Å²) in [7, 11) is 0. The van der Waals surface area contributed by atoms with Gasteiger partial charge in [0.1, 0.15) is 0 Å². The van der Waals surface area contributed by atoms with Crippen LogP contribution >= 0.6 is 11.8 Å². The van der Waals surface area contributed by atoms with Crippen LogP contribution in [0, 0.1) is 11.8 Å². The van der Waals surface area contributed by atoms with E-state index in [-0.39, 0.29) is 0 Å². The quantitative estimate of drug-likeness (QED) is 0.798. The van der Waals surface area contributed by atoms with Gasteiger partial charge in [-0.2, -0.15) is 11.8 Å². The molecule has 1 heterocycles. The second-order valence-electron chi connectivity index (χ2n) is 7.40. The van der Waals surface area contributed by atoms with Crippen LogP contribution in [0.2, 0.25) is 0 Å². The molecule has 5 atom stereocenters. The van der Waals surface area contributed by atoms with Crippen molar-refractivity contribution in [1.29, 1.82) is 0 Å². The van der Waals surface area contributed by atoms with E-state index in [9.17, 15) is 0 Å². The average Bonchev–Trinajstić information content (AvgIpc) is 2.94. The van der Waals surface area contributed by atoms with Crippen LogP contribution in [-0.4, -0.2) is 47.1 Å². The minimum absolute atomic E-state index is 0.692. The molecule has 1 aliphatic heterocycles. The van der Waals surface area contributed by atoms with E-state index in [1.54, 1.807) is 0 Å². The highest BCUT2D eigenvalue weighted by atomic mass is 32.2. The fourth-order valence-electron chi connectivity index (χ4n) is 4.18. The summed E-state index contributed by atoms with van der Waals surface area (Å²) >= 11 is 2.21. The highest BCUT2D eigenvalue weighted by molar-refractivity contribution is 7.99. The fourth-order valence-corrected chi connectivity index (χ4v) is 5.45. The summed E-state index contributed by atoms with van der Waals surface area (Å²) in [4.78, 5) is 2.92. The molecule has 0 aromatic heterocycles. The van der Waals surface area contributed by atoms with Crippen LogP contribution in [0.5, 0.6) is 0 Å². The van der Waals surface area contributed by atoms with Gasteiger partial charge in [-0.1, -0.05) is 47.5 Å². The second kappa shape index (κ2) is 8.21. The fraction of sp³-hybridized carbons (Fsp3) is 1.00. The largest absolute Gasteiger partial charge is 0.311 e. The Morgan fingerprint density at radius 3 is 2.57 bits per heavy atom. The van der Waals surface area contributed by atoms with Crippen LogP contribution in [0.25, 0.3) is 0 Å². The number of rotatable bonds is 6. The van der Waals surface area contributed by atoms with Gasteiger partial charge >= 0.3 is 0 Å². The maximum absolute atomic E-state index is 3.85. The lowest BCUT2D eigenvalue weighted by Gasteiger charge is -2.48. The van der Waals surface area contributed by atoms with Crippen molar-refractivity contribution in [2.75, 3.05) is 18.8 Å². The van der Waals surface area contributed by atoms with Gasteiger partial charge in [-0.3, -0.25) is 4.90 Å². The molecule has 2 nitrogen and oxygen atoms in total. The predicted octanol–water partition coefficient (Wildman–Crippen LogP) is 4.01.